The Morgan fingerprint density at radius 3 is 2.58 bits per heavy atom. The molecule has 0 radical (unpaired) electrons. The number of sulfone groups is 1. The van der Waals surface area contributed by atoms with Crippen LogP contribution in [0.2, 0.25) is 0 Å². The third kappa shape index (κ3) is 6.09. The average Bonchev–Trinajstić information content (AvgIpc) is 1.98. The van der Waals surface area contributed by atoms with E-state index in [4.69, 9.17) is 15.7 Å². The standard InChI is InChI=1S/C6H12N2O3S/c7-1-3-11-4-6-12(9,10)5-2-8/h1,3-7H2. The molecule has 0 bridgehead atoms. The van der Waals surface area contributed by atoms with Gasteiger partial charge in [-0.3, -0.25) is 0 Å². The van der Waals surface area contributed by atoms with Crippen LogP contribution < -0.4 is 5.73 Å². The Bertz CT molecular complexity index is 242. The van der Waals surface area contributed by atoms with Crippen LogP contribution in [0.15, 0.2) is 0 Å². The Morgan fingerprint density at radius 1 is 1.42 bits per heavy atom. The Kier molecular flexibility index (Phi) is 5.62. The maximum Gasteiger partial charge on any atom is 0.165 e. The lowest BCUT2D eigenvalue weighted by Gasteiger charge is -2.00. The zero-order valence-corrected chi connectivity index (χ0v) is 7.51. The zero-order chi connectivity index (χ0) is 9.45. The minimum Gasteiger partial charge on any atom is -0.379 e. The van der Waals surface area contributed by atoms with Crippen molar-refractivity contribution in [3.63, 3.8) is 0 Å². The number of ether oxygens (including phenoxy) is 1. The SMILES string of the molecule is N#CCS(=O)(=O)CCOCCN. The first-order chi connectivity index (χ1) is 5.62. The monoisotopic (exact) mass is 192 g/mol. The van der Waals surface area contributed by atoms with Gasteiger partial charge in [-0.15, -0.1) is 0 Å². The summed E-state index contributed by atoms with van der Waals surface area (Å²) < 4.78 is 26.6. The van der Waals surface area contributed by atoms with Crippen molar-refractivity contribution in [3.05, 3.63) is 0 Å². The predicted molar refractivity (Wildman–Crippen MR) is 44.1 cm³/mol. The van der Waals surface area contributed by atoms with E-state index in [1.807, 2.05) is 0 Å². The lowest BCUT2D eigenvalue weighted by atomic mass is 10.7. The maximum absolute atomic E-state index is 10.9. The molecule has 0 aliphatic carbocycles. The molecule has 2 N–H and O–H groups in total. The summed E-state index contributed by atoms with van der Waals surface area (Å²) in [5.74, 6) is -0.556. The molecule has 5 nitrogen and oxygen atoms in total. The predicted octanol–water partition coefficient (Wildman–Crippen LogP) is -1.10. The summed E-state index contributed by atoms with van der Waals surface area (Å²) in [5.41, 5.74) is 5.11. The highest BCUT2D eigenvalue weighted by Gasteiger charge is 2.08. The van der Waals surface area contributed by atoms with Gasteiger partial charge in [0.1, 0.15) is 5.75 Å². The Morgan fingerprint density at radius 2 is 2.08 bits per heavy atom. The number of rotatable bonds is 6. The molecule has 6 heteroatoms. The highest BCUT2D eigenvalue weighted by atomic mass is 32.2. The van der Waals surface area contributed by atoms with Gasteiger partial charge in [-0.1, -0.05) is 0 Å². The fourth-order valence-electron chi connectivity index (χ4n) is 0.542. The normalized spacial score (nSPS) is 11.0. The van der Waals surface area contributed by atoms with E-state index in [-0.39, 0.29) is 12.4 Å². The first kappa shape index (κ1) is 11.4. The molecule has 0 aromatic heterocycles. The summed E-state index contributed by atoms with van der Waals surface area (Å²) in [5, 5.41) is 8.11. The van der Waals surface area contributed by atoms with Crippen molar-refractivity contribution in [2.24, 2.45) is 5.73 Å². The highest BCUT2D eigenvalue weighted by molar-refractivity contribution is 7.91. The van der Waals surface area contributed by atoms with Crippen molar-refractivity contribution >= 4 is 9.84 Å². The third-order valence-corrected chi connectivity index (χ3v) is 2.44. The molecule has 0 saturated carbocycles. The molecule has 0 spiro atoms. The molecule has 0 aliphatic rings. The van der Waals surface area contributed by atoms with E-state index in [1.54, 1.807) is 6.07 Å². The van der Waals surface area contributed by atoms with Crippen LogP contribution >= 0.6 is 0 Å². The molecular formula is C6H12N2O3S. The number of hydrogen-bond acceptors (Lipinski definition) is 5. The summed E-state index contributed by atoms with van der Waals surface area (Å²) in [7, 11) is -3.24. The molecule has 0 aromatic rings. The third-order valence-electron chi connectivity index (χ3n) is 1.09. The van der Waals surface area contributed by atoms with Crippen LogP contribution in [0.25, 0.3) is 0 Å². The van der Waals surface area contributed by atoms with Crippen LogP contribution in [0.1, 0.15) is 0 Å². The summed E-state index contributed by atoms with van der Waals surface area (Å²) in [6.07, 6.45) is 0. The van der Waals surface area contributed by atoms with Crippen molar-refractivity contribution < 1.29 is 13.2 Å². The molecule has 0 fully saturated rings. The average molecular weight is 192 g/mol. The highest BCUT2D eigenvalue weighted by Crippen LogP contribution is 1.88. The van der Waals surface area contributed by atoms with Gasteiger partial charge in [-0.2, -0.15) is 5.26 Å². The number of hydrogen-bond donors (Lipinski definition) is 1. The largest absolute Gasteiger partial charge is 0.379 e. The van der Waals surface area contributed by atoms with Crippen LogP contribution in [0.5, 0.6) is 0 Å². The fourth-order valence-corrected chi connectivity index (χ4v) is 1.25. The smallest absolute Gasteiger partial charge is 0.165 e. The van der Waals surface area contributed by atoms with Crippen LogP contribution in [0.3, 0.4) is 0 Å². The molecule has 0 unspecified atom stereocenters. The molecule has 0 rings (SSSR count). The van der Waals surface area contributed by atoms with E-state index in [1.165, 1.54) is 0 Å². The Hall–Kier alpha value is -0.640. The van der Waals surface area contributed by atoms with Crippen molar-refractivity contribution in [3.8, 4) is 6.07 Å². The molecular weight excluding hydrogens is 180 g/mol. The first-order valence-corrected chi connectivity index (χ1v) is 5.29. The maximum atomic E-state index is 10.9. The van der Waals surface area contributed by atoms with Crippen molar-refractivity contribution in [1.82, 2.24) is 0 Å². The molecule has 0 aliphatic heterocycles. The van der Waals surface area contributed by atoms with Crippen LogP contribution in [-0.2, 0) is 14.6 Å². The number of nitriles is 1. The van der Waals surface area contributed by atoms with Crippen molar-refractivity contribution in [2.45, 2.75) is 0 Å². The van der Waals surface area contributed by atoms with Crippen molar-refractivity contribution in [2.75, 3.05) is 31.3 Å². The summed E-state index contributed by atoms with van der Waals surface area (Å²) in [4.78, 5) is 0. The minimum absolute atomic E-state index is 0.111. The topological polar surface area (TPSA) is 93.2 Å². The molecule has 0 heterocycles. The molecule has 70 valence electrons. The summed E-state index contributed by atoms with van der Waals surface area (Å²) >= 11 is 0. The van der Waals surface area contributed by atoms with Crippen LogP contribution in [0.4, 0.5) is 0 Å². The lowest BCUT2D eigenvalue weighted by Crippen LogP contribution is -2.17. The summed E-state index contributed by atoms with van der Waals surface area (Å²) in [6.45, 7) is 0.835. The number of nitrogens with zero attached hydrogens (tertiary/aromatic N) is 1. The van der Waals surface area contributed by atoms with E-state index in [0.717, 1.165) is 0 Å². The van der Waals surface area contributed by atoms with Gasteiger partial charge in [0, 0.05) is 6.54 Å². The zero-order valence-electron chi connectivity index (χ0n) is 6.69. The van der Waals surface area contributed by atoms with Crippen LogP contribution in [0, 0.1) is 11.3 Å². The van der Waals surface area contributed by atoms with Crippen LogP contribution in [-0.4, -0.2) is 39.7 Å². The van der Waals surface area contributed by atoms with Gasteiger partial charge in [-0.25, -0.2) is 8.42 Å². The van der Waals surface area contributed by atoms with E-state index in [0.29, 0.717) is 13.2 Å². The van der Waals surface area contributed by atoms with E-state index in [9.17, 15) is 8.42 Å². The van der Waals surface area contributed by atoms with Gasteiger partial charge in [0.15, 0.2) is 9.84 Å². The Balaban J connectivity index is 3.57. The lowest BCUT2D eigenvalue weighted by molar-refractivity contribution is 0.157. The second-order valence-corrected chi connectivity index (χ2v) is 4.34. The van der Waals surface area contributed by atoms with Gasteiger partial charge >= 0.3 is 0 Å². The number of nitrogens with two attached hydrogens (primary N) is 1. The van der Waals surface area contributed by atoms with Gasteiger partial charge in [0.25, 0.3) is 0 Å². The van der Waals surface area contributed by atoms with E-state index < -0.39 is 15.6 Å². The molecule has 12 heavy (non-hydrogen) atoms. The van der Waals surface area contributed by atoms with Gasteiger partial charge in [-0.05, 0) is 0 Å². The van der Waals surface area contributed by atoms with Gasteiger partial charge < -0.3 is 10.5 Å². The summed E-state index contributed by atoms with van der Waals surface area (Å²) in [6, 6.07) is 1.58. The second-order valence-electron chi connectivity index (χ2n) is 2.15. The molecule has 0 amide bonds. The quantitative estimate of drug-likeness (QED) is 0.539. The van der Waals surface area contributed by atoms with E-state index in [2.05, 4.69) is 0 Å². The molecule has 0 aromatic carbocycles. The first-order valence-electron chi connectivity index (χ1n) is 3.47. The molecule has 0 saturated heterocycles. The van der Waals surface area contributed by atoms with E-state index >= 15 is 0 Å². The minimum atomic E-state index is -3.24. The molecule has 0 atom stereocenters. The van der Waals surface area contributed by atoms with Crippen molar-refractivity contribution in [1.29, 1.82) is 5.26 Å². The van der Waals surface area contributed by atoms with Gasteiger partial charge in [0.05, 0.1) is 25.0 Å². The Labute approximate surface area is 72.0 Å². The fraction of sp³-hybridized carbons (Fsp3) is 0.833. The van der Waals surface area contributed by atoms with Gasteiger partial charge in [0.2, 0.25) is 0 Å². The second kappa shape index (κ2) is 5.94.